The van der Waals surface area contributed by atoms with Gasteiger partial charge in [0.2, 0.25) is 5.91 Å². The Morgan fingerprint density at radius 2 is 1.93 bits per heavy atom. The molecule has 2 atom stereocenters. The highest BCUT2D eigenvalue weighted by Crippen LogP contribution is 2.35. The van der Waals surface area contributed by atoms with Gasteiger partial charge in [0.05, 0.1) is 18.4 Å². The molecule has 0 aliphatic carbocycles. The molecule has 1 amide bonds. The van der Waals surface area contributed by atoms with Gasteiger partial charge in [-0.25, -0.2) is 4.68 Å². The highest BCUT2D eigenvalue weighted by molar-refractivity contribution is 6.33. The van der Waals surface area contributed by atoms with Crippen LogP contribution in [-0.4, -0.2) is 52.3 Å². The van der Waals surface area contributed by atoms with Gasteiger partial charge in [-0.3, -0.25) is 14.5 Å². The van der Waals surface area contributed by atoms with Crippen LogP contribution in [0.2, 0.25) is 5.02 Å². The maximum atomic E-state index is 12.4. The van der Waals surface area contributed by atoms with Gasteiger partial charge >= 0.3 is 0 Å². The monoisotopic (exact) mass is 401 g/mol. The number of fused-ring (bicyclic) bond motifs is 2. The summed E-state index contributed by atoms with van der Waals surface area (Å²) >= 11 is 6.23. The minimum Gasteiger partial charge on any atom is -0.366 e. The van der Waals surface area contributed by atoms with Crippen LogP contribution in [0.25, 0.3) is 0 Å². The number of aryl methyl sites for hydroxylation is 2. The Morgan fingerprint density at radius 1 is 1.25 bits per heavy atom. The molecular formula is C20H24ClN5O2. The Hall–Kier alpha value is -2.38. The lowest BCUT2D eigenvalue weighted by atomic mass is 9.87. The standard InChI is InChI=1S/C20H24ClN5O2/c1-3-13-4-6-14(7-5-13)23-18(27)12-26-15-8-16(26)11-25(10-15)17-9-22-24(2)20(28)19(17)21/h4-7,9,15-16H,3,8,10-12H2,1-2H3,(H,23,27). The molecule has 3 aliphatic heterocycles. The summed E-state index contributed by atoms with van der Waals surface area (Å²) in [7, 11) is 1.59. The number of benzene rings is 1. The largest absolute Gasteiger partial charge is 0.366 e. The molecule has 0 saturated carbocycles. The topological polar surface area (TPSA) is 70.5 Å². The number of piperazine rings is 1. The highest BCUT2D eigenvalue weighted by Gasteiger charge is 2.45. The lowest BCUT2D eigenvalue weighted by Gasteiger charge is -2.56. The number of amides is 1. The SMILES string of the molecule is CCc1ccc(NC(=O)CN2C3CC2CN(c2cnn(C)c(=O)c2Cl)C3)cc1. The lowest BCUT2D eigenvalue weighted by Crippen LogP contribution is -2.69. The van der Waals surface area contributed by atoms with Crippen molar-refractivity contribution in [2.75, 3.05) is 29.9 Å². The second-order valence-corrected chi connectivity index (χ2v) is 7.87. The Labute approximate surface area is 168 Å². The maximum absolute atomic E-state index is 12.4. The zero-order valence-electron chi connectivity index (χ0n) is 16.1. The molecule has 3 fully saturated rings. The van der Waals surface area contributed by atoms with Gasteiger partial charge in [0.25, 0.3) is 5.56 Å². The normalized spacial score (nSPS) is 21.3. The van der Waals surface area contributed by atoms with Crippen molar-refractivity contribution in [3.8, 4) is 0 Å². The summed E-state index contributed by atoms with van der Waals surface area (Å²) in [5.41, 5.74) is 2.47. The summed E-state index contributed by atoms with van der Waals surface area (Å²) in [5.74, 6) is 0.000628. The number of nitrogens with zero attached hydrogens (tertiary/aromatic N) is 4. The molecule has 1 aromatic heterocycles. The Kier molecular flexibility index (Phi) is 5.12. The van der Waals surface area contributed by atoms with Crippen LogP contribution in [0.5, 0.6) is 0 Å². The summed E-state index contributed by atoms with van der Waals surface area (Å²) < 4.78 is 1.24. The van der Waals surface area contributed by atoms with Crippen LogP contribution in [-0.2, 0) is 18.3 Å². The Balaban J connectivity index is 1.36. The van der Waals surface area contributed by atoms with E-state index >= 15 is 0 Å². The number of carbonyl (C=O) groups is 1. The number of nitrogens with one attached hydrogen (secondary N) is 1. The van der Waals surface area contributed by atoms with E-state index in [2.05, 4.69) is 27.1 Å². The van der Waals surface area contributed by atoms with E-state index in [1.165, 1.54) is 10.2 Å². The average molecular weight is 402 g/mol. The van der Waals surface area contributed by atoms with Crippen LogP contribution < -0.4 is 15.8 Å². The molecule has 1 aromatic carbocycles. The first-order chi connectivity index (χ1) is 13.5. The van der Waals surface area contributed by atoms with Crippen molar-refractivity contribution < 1.29 is 4.79 Å². The molecule has 0 spiro atoms. The molecule has 148 valence electrons. The summed E-state index contributed by atoms with van der Waals surface area (Å²) in [6, 6.07) is 8.53. The Morgan fingerprint density at radius 3 is 2.57 bits per heavy atom. The molecule has 28 heavy (non-hydrogen) atoms. The summed E-state index contributed by atoms with van der Waals surface area (Å²) in [5, 5.41) is 7.27. The molecule has 3 aliphatic rings. The van der Waals surface area contributed by atoms with Crippen molar-refractivity contribution >= 4 is 28.9 Å². The fraction of sp³-hybridized carbons (Fsp3) is 0.450. The molecule has 2 bridgehead atoms. The number of piperidine rings is 1. The third-order valence-electron chi connectivity index (χ3n) is 5.72. The van der Waals surface area contributed by atoms with E-state index in [9.17, 15) is 9.59 Å². The molecule has 3 saturated heterocycles. The van der Waals surface area contributed by atoms with E-state index in [0.717, 1.165) is 31.6 Å². The van der Waals surface area contributed by atoms with Crippen LogP contribution in [0.15, 0.2) is 35.3 Å². The quantitative estimate of drug-likeness (QED) is 0.828. The third kappa shape index (κ3) is 3.52. The van der Waals surface area contributed by atoms with Crippen molar-refractivity contribution in [2.24, 2.45) is 7.05 Å². The van der Waals surface area contributed by atoms with E-state index < -0.39 is 0 Å². The van der Waals surface area contributed by atoms with Crippen LogP contribution in [0.3, 0.4) is 0 Å². The van der Waals surface area contributed by atoms with Crippen LogP contribution in [0, 0.1) is 0 Å². The first kappa shape index (κ1) is 19.0. The first-order valence-corrected chi connectivity index (χ1v) is 9.95. The number of hydrogen-bond donors (Lipinski definition) is 1. The number of carbonyl (C=O) groups excluding carboxylic acids is 1. The minimum absolute atomic E-state index is 0.000628. The minimum atomic E-state index is -0.288. The molecule has 4 heterocycles. The maximum Gasteiger partial charge on any atom is 0.287 e. The van der Waals surface area contributed by atoms with E-state index in [1.807, 2.05) is 24.3 Å². The molecular weight excluding hydrogens is 378 g/mol. The average Bonchev–Trinajstić information content (AvgIpc) is 2.71. The molecule has 7 nitrogen and oxygen atoms in total. The van der Waals surface area contributed by atoms with E-state index in [1.54, 1.807) is 13.2 Å². The Bertz CT molecular complexity index is 931. The smallest absolute Gasteiger partial charge is 0.287 e. The number of aromatic nitrogens is 2. The third-order valence-corrected chi connectivity index (χ3v) is 6.07. The van der Waals surface area contributed by atoms with Gasteiger partial charge in [-0.05, 0) is 30.5 Å². The summed E-state index contributed by atoms with van der Waals surface area (Å²) in [4.78, 5) is 28.8. The first-order valence-electron chi connectivity index (χ1n) is 9.57. The van der Waals surface area contributed by atoms with Gasteiger partial charge in [0.15, 0.2) is 0 Å². The zero-order chi connectivity index (χ0) is 19.8. The van der Waals surface area contributed by atoms with Gasteiger partial charge in [-0.15, -0.1) is 0 Å². The van der Waals surface area contributed by atoms with Crippen molar-refractivity contribution in [3.63, 3.8) is 0 Å². The molecule has 0 radical (unpaired) electrons. The number of rotatable bonds is 5. The van der Waals surface area contributed by atoms with Gasteiger partial charge in [0.1, 0.15) is 5.02 Å². The fourth-order valence-corrected chi connectivity index (χ4v) is 4.35. The summed E-state index contributed by atoms with van der Waals surface area (Å²) in [6.45, 7) is 3.96. The lowest BCUT2D eigenvalue weighted by molar-refractivity contribution is -0.121. The predicted molar refractivity (Wildman–Crippen MR) is 110 cm³/mol. The highest BCUT2D eigenvalue weighted by atomic mass is 35.5. The van der Waals surface area contributed by atoms with Gasteiger partial charge in [0, 0.05) is 37.9 Å². The number of halogens is 1. The number of anilines is 2. The van der Waals surface area contributed by atoms with Crippen molar-refractivity contribution in [2.45, 2.75) is 31.8 Å². The van der Waals surface area contributed by atoms with Crippen LogP contribution >= 0.6 is 11.6 Å². The molecule has 5 rings (SSSR count). The molecule has 2 unspecified atom stereocenters. The zero-order valence-corrected chi connectivity index (χ0v) is 16.8. The van der Waals surface area contributed by atoms with Crippen LogP contribution in [0.1, 0.15) is 18.9 Å². The summed E-state index contributed by atoms with van der Waals surface area (Å²) in [6.07, 6.45) is 3.69. The van der Waals surface area contributed by atoms with E-state index in [-0.39, 0.29) is 28.6 Å². The second-order valence-electron chi connectivity index (χ2n) is 7.49. The van der Waals surface area contributed by atoms with Crippen molar-refractivity contribution in [1.29, 1.82) is 0 Å². The van der Waals surface area contributed by atoms with Crippen molar-refractivity contribution in [1.82, 2.24) is 14.7 Å². The van der Waals surface area contributed by atoms with E-state index in [0.29, 0.717) is 12.2 Å². The van der Waals surface area contributed by atoms with Crippen molar-refractivity contribution in [3.05, 3.63) is 51.4 Å². The predicted octanol–water partition coefficient (Wildman–Crippen LogP) is 1.90. The second kappa shape index (κ2) is 7.56. The molecule has 8 heteroatoms. The van der Waals surface area contributed by atoms with Gasteiger partial charge in [-0.1, -0.05) is 30.7 Å². The van der Waals surface area contributed by atoms with Gasteiger partial charge < -0.3 is 10.2 Å². The number of hydrogen-bond acceptors (Lipinski definition) is 5. The molecule has 1 N–H and O–H groups in total. The van der Waals surface area contributed by atoms with Gasteiger partial charge in [-0.2, -0.15) is 5.10 Å². The fourth-order valence-electron chi connectivity index (χ4n) is 4.05. The molecule has 2 aromatic rings. The van der Waals surface area contributed by atoms with Crippen LogP contribution in [0.4, 0.5) is 11.4 Å². The van der Waals surface area contributed by atoms with E-state index in [4.69, 9.17) is 11.6 Å².